The van der Waals surface area contributed by atoms with Crippen LogP contribution in [0.4, 0.5) is 0 Å². The number of allylic oxidation sites excluding steroid dienone is 1. The van der Waals surface area contributed by atoms with Crippen LogP contribution in [-0.2, 0) is 0 Å². The molecule has 22 heavy (non-hydrogen) atoms. The molecule has 1 aromatic heterocycles. The van der Waals surface area contributed by atoms with Crippen LogP contribution in [0.15, 0.2) is 69.9 Å². The first-order valence-corrected chi connectivity index (χ1v) is 6.68. The van der Waals surface area contributed by atoms with Crippen molar-refractivity contribution in [3.8, 4) is 5.75 Å². The van der Waals surface area contributed by atoms with Gasteiger partial charge in [0.25, 0.3) is 0 Å². The Morgan fingerprint density at radius 1 is 1.05 bits per heavy atom. The van der Waals surface area contributed by atoms with Crippen molar-refractivity contribution in [3.63, 3.8) is 0 Å². The van der Waals surface area contributed by atoms with E-state index in [-0.39, 0.29) is 11.3 Å². The number of para-hydroxylation sites is 2. The Morgan fingerprint density at radius 3 is 2.59 bits per heavy atom. The highest BCUT2D eigenvalue weighted by Crippen LogP contribution is 2.18. The quantitative estimate of drug-likeness (QED) is 0.456. The number of phenolic OH excluding ortho intramolecular Hbond substituents is 1. The van der Waals surface area contributed by atoms with Crippen molar-refractivity contribution in [2.24, 2.45) is 0 Å². The molecule has 0 spiro atoms. The zero-order valence-corrected chi connectivity index (χ0v) is 11.5. The molecule has 0 aliphatic carbocycles. The van der Waals surface area contributed by atoms with E-state index in [0.717, 1.165) is 0 Å². The highest BCUT2D eigenvalue weighted by Gasteiger charge is 2.11. The number of carbonyl (C=O) groups excluding carboxylic acids is 1. The highest BCUT2D eigenvalue weighted by molar-refractivity contribution is 6.07. The van der Waals surface area contributed by atoms with Gasteiger partial charge >= 0.3 is 5.63 Å². The molecule has 0 fully saturated rings. The fourth-order valence-electron chi connectivity index (χ4n) is 2.12. The Hall–Kier alpha value is -3.14. The molecular weight excluding hydrogens is 280 g/mol. The molecule has 2 aromatic carbocycles. The van der Waals surface area contributed by atoms with Crippen molar-refractivity contribution in [1.82, 2.24) is 0 Å². The van der Waals surface area contributed by atoms with Gasteiger partial charge in [-0.1, -0.05) is 36.4 Å². The molecule has 0 saturated heterocycles. The summed E-state index contributed by atoms with van der Waals surface area (Å²) in [6.07, 6.45) is 2.71. The average molecular weight is 292 g/mol. The van der Waals surface area contributed by atoms with Crippen LogP contribution in [0.5, 0.6) is 5.75 Å². The van der Waals surface area contributed by atoms with Gasteiger partial charge in [0, 0.05) is 10.9 Å². The number of phenols is 1. The van der Waals surface area contributed by atoms with E-state index in [9.17, 15) is 14.7 Å². The molecular formula is C18H12O4. The number of ketones is 1. The van der Waals surface area contributed by atoms with Gasteiger partial charge in [0.15, 0.2) is 5.78 Å². The number of benzene rings is 2. The van der Waals surface area contributed by atoms with Crippen LogP contribution in [0.2, 0.25) is 0 Å². The Kier molecular flexibility index (Phi) is 3.58. The lowest BCUT2D eigenvalue weighted by atomic mass is 10.1. The monoisotopic (exact) mass is 292 g/mol. The molecule has 4 heteroatoms. The molecule has 0 bridgehead atoms. The van der Waals surface area contributed by atoms with Crippen LogP contribution in [-0.4, -0.2) is 10.9 Å². The summed E-state index contributed by atoms with van der Waals surface area (Å²) in [6, 6.07) is 15.1. The minimum atomic E-state index is -0.675. The van der Waals surface area contributed by atoms with E-state index in [4.69, 9.17) is 4.42 Å². The number of carbonyl (C=O) groups is 1. The zero-order valence-electron chi connectivity index (χ0n) is 11.5. The summed E-state index contributed by atoms with van der Waals surface area (Å²) in [5.41, 5.74) is 0.228. The average Bonchev–Trinajstić information content (AvgIpc) is 2.53. The van der Waals surface area contributed by atoms with Crippen molar-refractivity contribution < 1.29 is 14.3 Å². The fraction of sp³-hybridized carbons (Fsp3) is 0. The van der Waals surface area contributed by atoms with Crippen molar-refractivity contribution in [2.45, 2.75) is 0 Å². The molecule has 0 aliphatic heterocycles. The molecule has 0 aliphatic rings. The van der Waals surface area contributed by atoms with E-state index >= 15 is 0 Å². The molecule has 0 amide bonds. The lowest BCUT2D eigenvalue weighted by Gasteiger charge is -1.99. The number of hydrogen-bond acceptors (Lipinski definition) is 4. The Labute approximate surface area is 125 Å². The minimum Gasteiger partial charge on any atom is -0.507 e. The van der Waals surface area contributed by atoms with Gasteiger partial charge in [-0.2, -0.15) is 0 Å². The van der Waals surface area contributed by atoms with Crippen molar-refractivity contribution >= 4 is 22.8 Å². The summed E-state index contributed by atoms with van der Waals surface area (Å²) >= 11 is 0. The largest absolute Gasteiger partial charge is 0.507 e. The first-order chi connectivity index (χ1) is 10.6. The lowest BCUT2D eigenvalue weighted by molar-refractivity contribution is 0.104. The summed E-state index contributed by atoms with van der Waals surface area (Å²) in [5, 5.41) is 10.3. The maximum atomic E-state index is 12.2. The molecule has 108 valence electrons. The first kappa shape index (κ1) is 13.8. The standard InChI is InChI=1S/C18H12O4/c19-15-7-3-1-5-12(15)9-10-16(20)14-11-13-6-2-4-8-17(13)22-18(14)21/h1-11,19H. The summed E-state index contributed by atoms with van der Waals surface area (Å²) in [4.78, 5) is 24.0. The van der Waals surface area contributed by atoms with E-state index in [2.05, 4.69) is 0 Å². The molecule has 0 unspecified atom stereocenters. The maximum absolute atomic E-state index is 12.2. The highest BCUT2D eigenvalue weighted by atomic mass is 16.4. The lowest BCUT2D eigenvalue weighted by Crippen LogP contribution is -2.11. The number of rotatable bonds is 3. The summed E-state index contributed by atoms with van der Waals surface area (Å²) in [6.45, 7) is 0. The predicted octanol–water partition coefficient (Wildman–Crippen LogP) is 3.39. The van der Waals surface area contributed by atoms with Crippen LogP contribution in [0.1, 0.15) is 15.9 Å². The van der Waals surface area contributed by atoms with Crippen LogP contribution >= 0.6 is 0 Å². The smallest absolute Gasteiger partial charge is 0.347 e. The molecule has 0 saturated carbocycles. The predicted molar refractivity (Wildman–Crippen MR) is 84.0 cm³/mol. The van der Waals surface area contributed by atoms with Crippen LogP contribution in [0.25, 0.3) is 17.0 Å². The van der Waals surface area contributed by atoms with Gasteiger partial charge in [0.1, 0.15) is 16.9 Å². The molecule has 3 aromatic rings. The van der Waals surface area contributed by atoms with Gasteiger partial charge < -0.3 is 9.52 Å². The van der Waals surface area contributed by atoms with Crippen LogP contribution in [0.3, 0.4) is 0 Å². The third-order valence-corrected chi connectivity index (χ3v) is 3.26. The van der Waals surface area contributed by atoms with Gasteiger partial charge in [-0.15, -0.1) is 0 Å². The van der Waals surface area contributed by atoms with E-state index < -0.39 is 11.4 Å². The Morgan fingerprint density at radius 2 is 1.77 bits per heavy atom. The van der Waals surface area contributed by atoms with Gasteiger partial charge in [0.05, 0.1) is 0 Å². The maximum Gasteiger partial charge on any atom is 0.347 e. The fourth-order valence-corrected chi connectivity index (χ4v) is 2.12. The SMILES string of the molecule is O=C(C=Cc1ccccc1O)c1cc2ccccc2oc1=O. The second-order valence-corrected chi connectivity index (χ2v) is 4.74. The molecule has 1 N–H and O–H groups in total. The molecule has 1 heterocycles. The van der Waals surface area contributed by atoms with Crippen LogP contribution in [0, 0.1) is 0 Å². The Bertz CT molecular complexity index is 935. The molecule has 0 radical (unpaired) electrons. The molecule has 4 nitrogen and oxygen atoms in total. The topological polar surface area (TPSA) is 67.5 Å². The van der Waals surface area contributed by atoms with Crippen LogP contribution < -0.4 is 5.63 Å². The number of aromatic hydroxyl groups is 1. The normalized spacial score (nSPS) is 11.1. The van der Waals surface area contributed by atoms with E-state index in [1.807, 2.05) is 0 Å². The van der Waals surface area contributed by atoms with Gasteiger partial charge in [-0.3, -0.25) is 4.79 Å². The third-order valence-electron chi connectivity index (χ3n) is 3.26. The Balaban J connectivity index is 1.97. The molecule has 0 atom stereocenters. The van der Waals surface area contributed by atoms with Crippen molar-refractivity contribution in [3.05, 3.63) is 82.2 Å². The second-order valence-electron chi connectivity index (χ2n) is 4.74. The summed E-state index contributed by atoms with van der Waals surface area (Å²) in [7, 11) is 0. The zero-order chi connectivity index (χ0) is 15.5. The molecule has 3 rings (SSSR count). The third kappa shape index (κ3) is 2.67. The minimum absolute atomic E-state index is 0.0367. The van der Waals surface area contributed by atoms with E-state index in [1.165, 1.54) is 24.3 Å². The number of fused-ring (bicyclic) bond motifs is 1. The first-order valence-electron chi connectivity index (χ1n) is 6.68. The van der Waals surface area contributed by atoms with Crippen molar-refractivity contribution in [2.75, 3.05) is 0 Å². The van der Waals surface area contributed by atoms with Gasteiger partial charge in [-0.25, -0.2) is 4.79 Å². The van der Waals surface area contributed by atoms with E-state index in [0.29, 0.717) is 16.5 Å². The van der Waals surface area contributed by atoms with Gasteiger partial charge in [0.2, 0.25) is 0 Å². The number of hydrogen-bond donors (Lipinski definition) is 1. The van der Waals surface area contributed by atoms with Gasteiger partial charge in [-0.05, 0) is 30.4 Å². The van der Waals surface area contributed by atoms with E-state index in [1.54, 1.807) is 42.5 Å². The summed E-state index contributed by atoms with van der Waals surface area (Å²) < 4.78 is 5.13. The van der Waals surface area contributed by atoms with Crippen molar-refractivity contribution in [1.29, 1.82) is 0 Å². The second kappa shape index (κ2) is 5.69. The summed E-state index contributed by atoms with van der Waals surface area (Å²) in [5.74, 6) is -0.403.